The topological polar surface area (TPSA) is 237 Å². The van der Waals surface area contributed by atoms with Gasteiger partial charge in [0.25, 0.3) is 0 Å². The molecule has 8 atom stereocenters. The van der Waals surface area contributed by atoms with Gasteiger partial charge in [0.1, 0.15) is 19.3 Å². The van der Waals surface area contributed by atoms with Gasteiger partial charge in [-0.05, 0) is 62.2 Å². The van der Waals surface area contributed by atoms with Crippen molar-refractivity contribution in [1.29, 1.82) is 0 Å². The number of ether oxygens (including phenoxy) is 4. The number of hydrogen-bond donors (Lipinski definition) is 3. The number of esters is 4. The average molecular weight is 1380 g/mol. The van der Waals surface area contributed by atoms with Crippen molar-refractivity contribution in [1.82, 2.24) is 0 Å². The van der Waals surface area contributed by atoms with Crippen LogP contribution in [0.4, 0.5) is 0 Å². The molecule has 2 fully saturated rings. The van der Waals surface area contributed by atoms with Crippen LogP contribution < -0.4 is 0 Å². The number of hydrogen-bond acceptors (Lipinski definition) is 15. The number of aliphatic hydroxyl groups excluding tert-OH is 1. The van der Waals surface area contributed by atoms with Crippen LogP contribution in [0.1, 0.15) is 374 Å². The van der Waals surface area contributed by atoms with Crippen LogP contribution in [-0.2, 0) is 65.4 Å². The molecule has 0 aromatic rings. The fraction of sp³-hybridized carbons (Fsp3) is 0.947. The lowest BCUT2D eigenvalue weighted by molar-refractivity contribution is -0.161. The molecule has 0 amide bonds. The smallest absolute Gasteiger partial charge is 0.462 e. The zero-order chi connectivity index (χ0) is 68.4. The van der Waals surface area contributed by atoms with Crippen LogP contribution in [0.5, 0.6) is 0 Å². The van der Waals surface area contributed by atoms with Crippen molar-refractivity contribution in [3.8, 4) is 0 Å². The number of phosphoric ester groups is 2. The van der Waals surface area contributed by atoms with Crippen LogP contribution in [-0.4, -0.2) is 96.7 Å². The van der Waals surface area contributed by atoms with E-state index in [2.05, 4.69) is 27.7 Å². The lowest BCUT2D eigenvalue weighted by Crippen LogP contribution is -2.30. The fourth-order valence-corrected chi connectivity index (χ4v) is 14.3. The molecular formula is C75H142O17P2. The minimum atomic E-state index is -4.95. The quantitative estimate of drug-likeness (QED) is 0.0222. The van der Waals surface area contributed by atoms with Crippen LogP contribution in [0.2, 0.25) is 0 Å². The third-order valence-corrected chi connectivity index (χ3v) is 20.9. The highest BCUT2D eigenvalue weighted by Gasteiger charge is 2.36. The molecule has 6 unspecified atom stereocenters. The maximum Gasteiger partial charge on any atom is 0.472 e. The van der Waals surface area contributed by atoms with Gasteiger partial charge in [-0.25, -0.2) is 9.13 Å². The van der Waals surface area contributed by atoms with Crippen molar-refractivity contribution in [3.63, 3.8) is 0 Å². The van der Waals surface area contributed by atoms with Crippen molar-refractivity contribution in [2.45, 2.75) is 393 Å². The Labute approximate surface area is 573 Å². The molecule has 2 saturated carbocycles. The molecule has 0 heterocycles. The Kier molecular flexibility index (Phi) is 56.1. The second-order valence-corrected chi connectivity index (χ2v) is 31.1. The number of carbonyl (C=O) groups excluding carboxylic acids is 4. The van der Waals surface area contributed by atoms with Crippen molar-refractivity contribution < 1.29 is 80.2 Å². The monoisotopic (exact) mass is 1380 g/mol. The van der Waals surface area contributed by atoms with Gasteiger partial charge in [-0.3, -0.25) is 37.3 Å². The van der Waals surface area contributed by atoms with E-state index in [1.165, 1.54) is 218 Å². The summed E-state index contributed by atoms with van der Waals surface area (Å²) < 4.78 is 68.7. The van der Waals surface area contributed by atoms with Gasteiger partial charge in [0.15, 0.2) is 12.2 Å². The van der Waals surface area contributed by atoms with Crippen LogP contribution >= 0.6 is 15.6 Å². The van der Waals surface area contributed by atoms with E-state index in [1.54, 1.807) is 0 Å². The summed E-state index contributed by atoms with van der Waals surface area (Å²) >= 11 is 0. The molecule has 0 saturated heterocycles. The van der Waals surface area contributed by atoms with Gasteiger partial charge in [0, 0.05) is 25.7 Å². The highest BCUT2D eigenvalue weighted by molar-refractivity contribution is 7.47. The lowest BCUT2D eigenvalue weighted by Gasteiger charge is -2.21. The summed E-state index contributed by atoms with van der Waals surface area (Å²) in [6, 6.07) is 0. The number of rotatable bonds is 72. The molecular weight excluding hydrogens is 1230 g/mol. The molecule has 0 aromatic carbocycles. The number of phosphoric acid groups is 2. The van der Waals surface area contributed by atoms with E-state index >= 15 is 0 Å². The van der Waals surface area contributed by atoms with Crippen molar-refractivity contribution in [3.05, 3.63) is 0 Å². The summed E-state index contributed by atoms with van der Waals surface area (Å²) in [6.45, 7) is 5.03. The molecule has 2 aliphatic rings. The first-order valence-corrected chi connectivity index (χ1v) is 42.2. The molecule has 0 radical (unpaired) electrons. The van der Waals surface area contributed by atoms with Crippen LogP contribution in [0.25, 0.3) is 0 Å². The molecule has 94 heavy (non-hydrogen) atoms. The molecule has 554 valence electrons. The summed E-state index contributed by atoms with van der Waals surface area (Å²) in [6.07, 6.45) is 54.8. The van der Waals surface area contributed by atoms with Crippen molar-refractivity contribution in [2.75, 3.05) is 39.6 Å². The molecule has 0 aromatic heterocycles. The summed E-state index contributed by atoms with van der Waals surface area (Å²) in [4.78, 5) is 72.9. The van der Waals surface area contributed by atoms with E-state index in [0.717, 1.165) is 101 Å². The van der Waals surface area contributed by atoms with E-state index in [4.69, 9.17) is 37.0 Å². The lowest BCUT2D eigenvalue weighted by atomic mass is 10.0. The van der Waals surface area contributed by atoms with E-state index in [-0.39, 0.29) is 25.7 Å². The highest BCUT2D eigenvalue weighted by Crippen LogP contribution is 2.48. The maximum atomic E-state index is 13.1. The van der Waals surface area contributed by atoms with Crippen LogP contribution in [0, 0.1) is 23.7 Å². The van der Waals surface area contributed by atoms with Gasteiger partial charge in [-0.1, -0.05) is 310 Å². The molecule has 0 aliphatic heterocycles. The summed E-state index contributed by atoms with van der Waals surface area (Å²) in [5.41, 5.74) is 0. The fourth-order valence-electron chi connectivity index (χ4n) is 12.8. The number of aliphatic hydroxyl groups is 1. The Morgan fingerprint density at radius 2 is 0.521 bits per heavy atom. The minimum absolute atomic E-state index is 0.114. The Morgan fingerprint density at radius 3 is 0.787 bits per heavy atom. The highest BCUT2D eigenvalue weighted by atomic mass is 31.2. The summed E-state index contributed by atoms with van der Waals surface area (Å²) in [5.74, 6) is 1.47. The minimum Gasteiger partial charge on any atom is -0.462 e. The second-order valence-electron chi connectivity index (χ2n) is 28.2. The second kappa shape index (κ2) is 59.9. The Bertz CT molecular complexity index is 1790. The molecule has 0 bridgehead atoms. The molecule has 2 aliphatic carbocycles. The number of carbonyl (C=O) groups is 4. The van der Waals surface area contributed by atoms with Gasteiger partial charge in [0.05, 0.1) is 26.4 Å². The van der Waals surface area contributed by atoms with E-state index < -0.39 is 97.5 Å². The Hall–Kier alpha value is -1.94. The van der Waals surface area contributed by atoms with E-state index in [1.807, 2.05) is 0 Å². The Balaban J connectivity index is 1.85. The molecule has 17 nitrogen and oxygen atoms in total. The van der Waals surface area contributed by atoms with Gasteiger partial charge in [-0.15, -0.1) is 0 Å². The molecule has 3 N–H and O–H groups in total. The Morgan fingerprint density at radius 1 is 0.309 bits per heavy atom. The average Bonchev–Trinajstić information content (AvgIpc) is 1.81. The zero-order valence-corrected chi connectivity index (χ0v) is 62.2. The first kappa shape index (κ1) is 88.1. The predicted molar refractivity (Wildman–Crippen MR) is 377 cm³/mol. The standard InChI is InChI=1S/C75H142O17P2/c1-5-9-13-17-19-21-23-25-27-29-31-37-45-53-72(77)85-61-70(91-74(79)55-47-39-33-35-43-51-67-57-65(67)49-41-15-11-7-3)63-89-93(81,82)87-59-69(76)60-88-94(83,84)90-64-71(62-86-73(78)54-46-38-32-30-28-26-24-22-20-18-14-10-6-2)92-75(80)56-48-40-34-36-44-52-68-58-66(68)50-42-16-12-8-4/h65-71,76H,5-64H2,1-4H3,(H,81,82)(H,83,84)/t65?,66?,67?,68?,69?,70-,71-/m1/s1. The van der Waals surface area contributed by atoms with Gasteiger partial charge >= 0.3 is 39.5 Å². The van der Waals surface area contributed by atoms with Crippen LogP contribution in [0.3, 0.4) is 0 Å². The molecule has 2 rings (SSSR count). The largest absolute Gasteiger partial charge is 0.472 e. The van der Waals surface area contributed by atoms with Crippen molar-refractivity contribution in [2.24, 2.45) is 23.7 Å². The van der Waals surface area contributed by atoms with Crippen LogP contribution in [0.15, 0.2) is 0 Å². The summed E-state index contributed by atoms with van der Waals surface area (Å²) in [5, 5.41) is 10.6. The summed E-state index contributed by atoms with van der Waals surface area (Å²) in [7, 11) is -9.91. The maximum absolute atomic E-state index is 13.1. The zero-order valence-electron chi connectivity index (χ0n) is 60.4. The van der Waals surface area contributed by atoms with E-state index in [0.29, 0.717) is 25.7 Å². The third-order valence-electron chi connectivity index (χ3n) is 19.0. The third kappa shape index (κ3) is 54.9. The number of unbranched alkanes of at least 4 members (excludes halogenated alkanes) is 38. The van der Waals surface area contributed by atoms with Crippen molar-refractivity contribution >= 4 is 39.5 Å². The van der Waals surface area contributed by atoms with Gasteiger partial charge in [0.2, 0.25) is 0 Å². The van der Waals surface area contributed by atoms with Gasteiger partial charge in [-0.2, -0.15) is 0 Å². The molecule has 0 spiro atoms. The molecule has 19 heteroatoms. The predicted octanol–water partition coefficient (Wildman–Crippen LogP) is 21.2. The normalized spacial score (nSPS) is 18.2. The van der Waals surface area contributed by atoms with Gasteiger partial charge < -0.3 is 33.8 Å². The first-order valence-electron chi connectivity index (χ1n) is 39.2. The van der Waals surface area contributed by atoms with E-state index in [9.17, 15) is 43.2 Å². The first-order chi connectivity index (χ1) is 45.6. The SMILES string of the molecule is CCCCCCCCCCCCCCCC(=O)OC[C@H](COP(=O)(O)OCC(O)COP(=O)(O)OC[C@@H](COC(=O)CCCCCCCCCCCCCCC)OC(=O)CCCCCCCC1CC1CCCCCC)OC(=O)CCCCCCCC1CC1CCCCCC.